The van der Waals surface area contributed by atoms with Crippen LogP contribution in [-0.2, 0) is 10.0 Å². The van der Waals surface area contributed by atoms with Crippen LogP contribution in [0.1, 0.15) is 12.0 Å². The summed E-state index contributed by atoms with van der Waals surface area (Å²) in [6.07, 6.45) is 2.04. The van der Waals surface area contributed by atoms with Gasteiger partial charge in [-0.25, -0.2) is 13.4 Å². The molecule has 84 valence electrons. The Morgan fingerprint density at radius 3 is 2.73 bits per heavy atom. The van der Waals surface area contributed by atoms with Crippen LogP contribution in [0.2, 0.25) is 0 Å². The number of nitrogens with zero attached hydrogens (tertiary/aromatic N) is 1. The first-order chi connectivity index (χ1) is 7.03. The Balaban J connectivity index is 2.65. The highest BCUT2D eigenvalue weighted by Crippen LogP contribution is 2.07. The number of hydrogen-bond acceptors (Lipinski definition) is 3. The van der Waals surface area contributed by atoms with E-state index in [1.807, 2.05) is 6.92 Å². The number of nitrogens with one attached hydrogen (secondary N) is 1. The molecular formula is C9H13ClN2O2S. The SMILES string of the molecule is Cc1ccc(NS(=O)(=O)CCCCl)nc1. The zero-order chi connectivity index (χ0) is 11.3. The molecule has 1 heterocycles. The molecule has 15 heavy (non-hydrogen) atoms. The molecule has 1 aromatic heterocycles. The standard InChI is InChI=1S/C9H13ClN2O2S/c1-8-3-4-9(11-7-8)12-15(13,14)6-2-5-10/h3-4,7H,2,5-6H2,1H3,(H,11,12). The van der Waals surface area contributed by atoms with E-state index in [1.165, 1.54) is 0 Å². The minimum atomic E-state index is -3.31. The van der Waals surface area contributed by atoms with Gasteiger partial charge in [-0.1, -0.05) is 6.07 Å². The lowest BCUT2D eigenvalue weighted by atomic mass is 10.3. The number of pyridine rings is 1. The van der Waals surface area contributed by atoms with Gasteiger partial charge in [0.15, 0.2) is 0 Å². The molecule has 0 unspecified atom stereocenters. The first-order valence-electron chi connectivity index (χ1n) is 4.52. The Bertz CT molecular complexity index is 403. The highest BCUT2D eigenvalue weighted by atomic mass is 35.5. The average Bonchev–Trinajstić information content (AvgIpc) is 2.18. The summed E-state index contributed by atoms with van der Waals surface area (Å²) in [4.78, 5) is 3.95. The van der Waals surface area contributed by atoms with E-state index >= 15 is 0 Å². The van der Waals surface area contributed by atoms with Crippen LogP contribution >= 0.6 is 11.6 Å². The van der Waals surface area contributed by atoms with E-state index in [9.17, 15) is 8.42 Å². The summed E-state index contributed by atoms with van der Waals surface area (Å²) < 4.78 is 25.3. The number of aryl methyl sites for hydroxylation is 1. The van der Waals surface area contributed by atoms with Crippen LogP contribution in [0.3, 0.4) is 0 Å². The van der Waals surface area contributed by atoms with Crippen molar-refractivity contribution in [2.45, 2.75) is 13.3 Å². The van der Waals surface area contributed by atoms with Crippen LogP contribution < -0.4 is 4.72 Å². The molecule has 0 saturated heterocycles. The second-order valence-electron chi connectivity index (χ2n) is 3.18. The number of rotatable bonds is 5. The van der Waals surface area contributed by atoms with Crippen LogP contribution in [0.4, 0.5) is 5.82 Å². The second kappa shape index (κ2) is 5.32. The number of aromatic nitrogens is 1. The number of sulfonamides is 1. The molecule has 1 aromatic rings. The van der Waals surface area contributed by atoms with E-state index in [0.717, 1.165) is 5.56 Å². The molecule has 0 fully saturated rings. The molecule has 0 aliphatic rings. The smallest absolute Gasteiger partial charge is 0.233 e. The molecule has 0 aliphatic carbocycles. The maximum atomic E-state index is 11.4. The van der Waals surface area contributed by atoms with Gasteiger partial charge in [0.1, 0.15) is 5.82 Å². The van der Waals surface area contributed by atoms with Crippen molar-refractivity contribution >= 4 is 27.4 Å². The van der Waals surface area contributed by atoms with Gasteiger partial charge in [-0.15, -0.1) is 11.6 Å². The summed E-state index contributed by atoms with van der Waals surface area (Å²) in [5.41, 5.74) is 0.985. The first-order valence-corrected chi connectivity index (χ1v) is 6.71. The molecule has 0 aromatic carbocycles. The molecule has 4 nitrogen and oxygen atoms in total. The molecule has 0 spiro atoms. The van der Waals surface area contributed by atoms with Crippen molar-refractivity contribution in [3.05, 3.63) is 23.9 Å². The van der Waals surface area contributed by atoms with Crippen LogP contribution in [0, 0.1) is 6.92 Å². The van der Waals surface area contributed by atoms with Crippen LogP contribution in [0.5, 0.6) is 0 Å². The summed E-state index contributed by atoms with van der Waals surface area (Å²) in [5, 5.41) is 0. The minimum Gasteiger partial charge on any atom is -0.267 e. The van der Waals surface area contributed by atoms with Crippen LogP contribution in [0.25, 0.3) is 0 Å². The molecule has 6 heteroatoms. The second-order valence-corrected chi connectivity index (χ2v) is 5.40. The first kappa shape index (κ1) is 12.3. The van der Waals surface area contributed by atoms with Gasteiger partial charge >= 0.3 is 0 Å². The van der Waals surface area contributed by atoms with Gasteiger partial charge in [0, 0.05) is 12.1 Å². The lowest BCUT2D eigenvalue weighted by Gasteiger charge is -2.05. The monoisotopic (exact) mass is 248 g/mol. The number of hydrogen-bond donors (Lipinski definition) is 1. The van der Waals surface area contributed by atoms with Crippen molar-refractivity contribution < 1.29 is 8.42 Å². The predicted molar refractivity (Wildman–Crippen MR) is 61.7 cm³/mol. The molecule has 1 rings (SSSR count). The van der Waals surface area contributed by atoms with Crippen molar-refractivity contribution in [1.82, 2.24) is 4.98 Å². The van der Waals surface area contributed by atoms with Crippen molar-refractivity contribution in [2.75, 3.05) is 16.4 Å². The molecule has 0 bridgehead atoms. The third-order valence-electron chi connectivity index (χ3n) is 1.72. The molecule has 0 saturated carbocycles. The van der Waals surface area contributed by atoms with Gasteiger partial charge in [0.25, 0.3) is 0 Å². The summed E-state index contributed by atoms with van der Waals surface area (Å²) in [5.74, 6) is 0.698. The summed E-state index contributed by atoms with van der Waals surface area (Å²) in [6, 6.07) is 3.43. The van der Waals surface area contributed by atoms with E-state index in [0.29, 0.717) is 18.1 Å². The molecule has 0 amide bonds. The minimum absolute atomic E-state index is 0.0199. The average molecular weight is 249 g/mol. The zero-order valence-corrected chi connectivity index (χ0v) is 9.98. The van der Waals surface area contributed by atoms with E-state index in [1.54, 1.807) is 18.3 Å². The fourth-order valence-corrected chi connectivity index (χ4v) is 2.34. The largest absolute Gasteiger partial charge is 0.267 e. The van der Waals surface area contributed by atoms with Gasteiger partial charge in [0.2, 0.25) is 10.0 Å². The van der Waals surface area contributed by atoms with E-state index < -0.39 is 10.0 Å². The van der Waals surface area contributed by atoms with E-state index in [2.05, 4.69) is 9.71 Å². The molecular weight excluding hydrogens is 236 g/mol. The lowest BCUT2D eigenvalue weighted by Crippen LogP contribution is -2.17. The molecule has 1 N–H and O–H groups in total. The van der Waals surface area contributed by atoms with Gasteiger partial charge in [-0.2, -0.15) is 0 Å². The van der Waals surface area contributed by atoms with Crippen LogP contribution in [0.15, 0.2) is 18.3 Å². The van der Waals surface area contributed by atoms with E-state index in [-0.39, 0.29) is 5.75 Å². The Kier molecular flexibility index (Phi) is 4.35. The quantitative estimate of drug-likeness (QED) is 0.808. The van der Waals surface area contributed by atoms with Crippen LogP contribution in [-0.4, -0.2) is 25.0 Å². The van der Waals surface area contributed by atoms with Gasteiger partial charge in [-0.05, 0) is 25.0 Å². The van der Waals surface area contributed by atoms with Crippen molar-refractivity contribution in [1.29, 1.82) is 0 Å². The number of anilines is 1. The maximum absolute atomic E-state index is 11.4. The Hall–Kier alpha value is -0.810. The summed E-state index contributed by atoms with van der Waals surface area (Å²) >= 11 is 5.42. The van der Waals surface area contributed by atoms with Crippen molar-refractivity contribution in [2.24, 2.45) is 0 Å². The highest BCUT2D eigenvalue weighted by Gasteiger charge is 2.09. The van der Waals surface area contributed by atoms with Gasteiger partial charge in [0.05, 0.1) is 5.75 Å². The van der Waals surface area contributed by atoms with Gasteiger partial charge in [-0.3, -0.25) is 4.72 Å². The molecule has 0 aliphatic heterocycles. The maximum Gasteiger partial charge on any atom is 0.233 e. The summed E-state index contributed by atoms with van der Waals surface area (Å²) in [6.45, 7) is 1.89. The Morgan fingerprint density at radius 2 is 2.20 bits per heavy atom. The third-order valence-corrected chi connectivity index (χ3v) is 3.33. The summed E-state index contributed by atoms with van der Waals surface area (Å²) in [7, 11) is -3.31. The number of alkyl halides is 1. The molecule has 0 atom stereocenters. The van der Waals surface area contributed by atoms with Gasteiger partial charge < -0.3 is 0 Å². The fourth-order valence-electron chi connectivity index (χ4n) is 0.983. The Morgan fingerprint density at radius 1 is 1.47 bits per heavy atom. The predicted octanol–water partition coefficient (Wildman–Crippen LogP) is 1.76. The van der Waals surface area contributed by atoms with E-state index in [4.69, 9.17) is 11.6 Å². The number of halogens is 1. The van der Waals surface area contributed by atoms with Crippen molar-refractivity contribution in [3.8, 4) is 0 Å². The zero-order valence-electron chi connectivity index (χ0n) is 8.40. The fraction of sp³-hybridized carbons (Fsp3) is 0.444. The Labute approximate surface area is 94.7 Å². The van der Waals surface area contributed by atoms with Crippen molar-refractivity contribution in [3.63, 3.8) is 0 Å². The normalized spacial score (nSPS) is 11.3. The molecule has 0 radical (unpaired) electrons. The third kappa shape index (κ3) is 4.48. The highest BCUT2D eigenvalue weighted by molar-refractivity contribution is 7.92. The topological polar surface area (TPSA) is 59.1 Å². The lowest BCUT2D eigenvalue weighted by molar-refractivity contribution is 0.600.